The van der Waals surface area contributed by atoms with E-state index in [0.717, 1.165) is 0 Å². The molecule has 0 aromatic carbocycles. The molecular formula is HCuNaS2. The molecule has 0 aliphatic carbocycles. The zero-order chi connectivity index (χ0) is 2.00. The number of hydrogen-bond donors (Lipinski definition) is 0. The van der Waals surface area contributed by atoms with E-state index in [2.05, 4.69) is 24.9 Å². The molecule has 0 saturated carbocycles. The van der Waals surface area contributed by atoms with Crippen LogP contribution in [0.2, 0.25) is 0 Å². The van der Waals surface area contributed by atoms with E-state index < -0.39 is 0 Å². The van der Waals surface area contributed by atoms with Gasteiger partial charge >= 0.3 is 54.5 Å². The van der Waals surface area contributed by atoms with Gasteiger partial charge in [-0.1, -0.05) is 0 Å². The van der Waals surface area contributed by atoms with Crippen LogP contribution >= 0.6 is 10.6 Å². The predicted molar refractivity (Wildman–Crippen MR) is 16.4 cm³/mol. The number of thiol groups is 1. The Bertz CT molecular complexity index is 6.00. The van der Waals surface area contributed by atoms with Crippen LogP contribution < -0.4 is 29.6 Å². The van der Waals surface area contributed by atoms with Gasteiger partial charge in [0.05, 0.1) is 0 Å². The van der Waals surface area contributed by atoms with E-state index in [-0.39, 0.29) is 43.1 Å². The first-order valence-electron chi connectivity index (χ1n) is 0.123. The fourth-order valence-electron chi connectivity index (χ4n) is 0. The maximum atomic E-state index is 3.77. The van der Waals surface area contributed by atoms with Gasteiger partial charge in [0.15, 0.2) is 0 Å². The SMILES string of the molecule is [Na+].[SH-].[S]=[Cu]. The van der Waals surface area contributed by atoms with Gasteiger partial charge in [0, 0.05) is 0 Å². The van der Waals surface area contributed by atoms with Gasteiger partial charge < -0.3 is 13.5 Å². The van der Waals surface area contributed by atoms with Crippen LogP contribution in [0.1, 0.15) is 0 Å². The standard InChI is InChI=1S/Cu.Na.H2S.S/h;;1H2;/q;+1;;/p-1. The zero-order valence-corrected chi connectivity index (χ0v) is 6.81. The van der Waals surface area contributed by atoms with Crippen molar-refractivity contribution >= 4 is 24.0 Å². The summed E-state index contributed by atoms with van der Waals surface area (Å²) >= 11 is 3.77. The van der Waals surface area contributed by atoms with Gasteiger partial charge in [0.1, 0.15) is 0 Å². The quantitative estimate of drug-likeness (QED) is 0.211. The molecule has 0 nitrogen and oxygen atoms in total. The Labute approximate surface area is 67.1 Å². The van der Waals surface area contributed by atoms with Crippen LogP contribution in [0.25, 0.3) is 0 Å². The van der Waals surface area contributed by atoms with Crippen LogP contribution in [0.15, 0.2) is 0 Å². The third kappa shape index (κ3) is 8.94. The van der Waals surface area contributed by atoms with E-state index in [9.17, 15) is 0 Å². The Morgan fingerprint density at radius 2 is 1.25 bits per heavy atom. The summed E-state index contributed by atoms with van der Waals surface area (Å²) in [6.45, 7) is 0. The minimum absolute atomic E-state index is 0. The molecule has 0 aliphatic heterocycles. The second kappa shape index (κ2) is 19.5. The summed E-state index contributed by atoms with van der Waals surface area (Å²) in [4.78, 5) is 0. The van der Waals surface area contributed by atoms with Gasteiger partial charge in [-0.05, 0) is 0 Å². The van der Waals surface area contributed by atoms with Gasteiger partial charge in [-0.2, -0.15) is 0 Å². The van der Waals surface area contributed by atoms with Crippen LogP contribution in [0.4, 0.5) is 0 Å². The van der Waals surface area contributed by atoms with Crippen molar-refractivity contribution in [1.82, 2.24) is 0 Å². The molecule has 0 N–H and O–H groups in total. The Kier molecular flexibility index (Phi) is 80.5. The van der Waals surface area contributed by atoms with Crippen LogP contribution in [0, 0.1) is 0 Å². The molecule has 0 rings (SSSR count). The molecule has 0 radical (unpaired) electrons. The Hall–Kier alpha value is 2.09. The first-order chi connectivity index (χ1) is 1.00. The van der Waals surface area contributed by atoms with Crippen molar-refractivity contribution in [2.24, 2.45) is 0 Å². The molecule has 0 aliphatic rings. The van der Waals surface area contributed by atoms with E-state index >= 15 is 0 Å². The van der Waals surface area contributed by atoms with Crippen molar-refractivity contribution in [3.63, 3.8) is 0 Å². The molecule has 0 fully saturated rings. The third-order valence-corrected chi connectivity index (χ3v) is 0. The number of rotatable bonds is 0. The van der Waals surface area contributed by atoms with Crippen LogP contribution in [-0.4, -0.2) is 0 Å². The Morgan fingerprint density at radius 1 is 1.25 bits per heavy atom. The molecule has 0 bridgehead atoms. The second-order valence-electron chi connectivity index (χ2n) is 0. The molecule has 0 aromatic heterocycles. The first-order valence-corrected chi connectivity index (χ1v) is 1.52. The third-order valence-electron chi connectivity index (χ3n) is 0. The second-order valence-corrected chi connectivity index (χ2v) is 0. The molecule has 4 heteroatoms. The van der Waals surface area contributed by atoms with Gasteiger partial charge in [-0.3, -0.25) is 0 Å². The summed E-state index contributed by atoms with van der Waals surface area (Å²) in [5.74, 6) is 0. The Balaban J connectivity index is -0.00000000500. The molecular weight excluding hydrogens is 151 g/mol. The van der Waals surface area contributed by atoms with Crippen molar-refractivity contribution in [3.8, 4) is 0 Å². The van der Waals surface area contributed by atoms with Gasteiger partial charge in [0.2, 0.25) is 0 Å². The molecule has 0 amide bonds. The molecule has 25 valence electrons. The van der Waals surface area contributed by atoms with Crippen molar-refractivity contribution < 1.29 is 43.9 Å². The fourth-order valence-corrected chi connectivity index (χ4v) is 0. The molecule has 0 heterocycles. The van der Waals surface area contributed by atoms with Crippen LogP contribution in [0.5, 0.6) is 0 Å². The molecule has 0 aromatic rings. The fraction of sp³-hybridized carbons (Fsp3) is 0. The Morgan fingerprint density at radius 3 is 1.25 bits per heavy atom. The van der Waals surface area contributed by atoms with E-state index in [1.165, 1.54) is 0 Å². The summed E-state index contributed by atoms with van der Waals surface area (Å²) in [7, 11) is 3.65. The molecule has 4 heavy (non-hydrogen) atoms. The van der Waals surface area contributed by atoms with Gasteiger partial charge in [-0.15, -0.1) is 0 Å². The van der Waals surface area contributed by atoms with Crippen LogP contribution in [0.3, 0.4) is 0 Å². The summed E-state index contributed by atoms with van der Waals surface area (Å²) in [6.07, 6.45) is 0. The minimum atomic E-state index is 0. The normalized spacial score (nSPS) is 1.50. The van der Waals surface area contributed by atoms with Crippen molar-refractivity contribution in [2.75, 3.05) is 0 Å². The summed E-state index contributed by atoms with van der Waals surface area (Å²) in [5, 5.41) is 0. The van der Waals surface area contributed by atoms with Crippen molar-refractivity contribution in [2.45, 2.75) is 0 Å². The van der Waals surface area contributed by atoms with Crippen molar-refractivity contribution in [3.05, 3.63) is 0 Å². The van der Waals surface area contributed by atoms with Gasteiger partial charge in [0.25, 0.3) is 0 Å². The monoisotopic (exact) mass is 151 g/mol. The van der Waals surface area contributed by atoms with E-state index in [4.69, 9.17) is 0 Å². The van der Waals surface area contributed by atoms with E-state index in [1.54, 1.807) is 0 Å². The summed E-state index contributed by atoms with van der Waals surface area (Å²) in [5.41, 5.74) is 0. The molecule has 0 spiro atoms. The van der Waals surface area contributed by atoms with Crippen LogP contribution in [-0.2, 0) is 27.9 Å². The van der Waals surface area contributed by atoms with E-state index in [0.29, 0.717) is 0 Å². The molecule has 0 unspecified atom stereocenters. The number of hydrogen-bond acceptors (Lipinski definition) is 2. The van der Waals surface area contributed by atoms with E-state index in [1.807, 2.05) is 0 Å². The topological polar surface area (TPSA) is 0 Å². The predicted octanol–water partition coefficient (Wildman–Crippen LogP) is -2.62. The average Bonchev–Trinajstić information content (AvgIpc) is 1.00. The molecule has 0 atom stereocenters. The maximum absolute atomic E-state index is 3.77. The first kappa shape index (κ1) is 16.5. The zero-order valence-electron chi connectivity index (χ0n) is 2.16. The summed E-state index contributed by atoms with van der Waals surface area (Å²) < 4.78 is 0. The summed E-state index contributed by atoms with van der Waals surface area (Å²) in [6, 6.07) is 0. The van der Waals surface area contributed by atoms with Crippen molar-refractivity contribution in [1.29, 1.82) is 0 Å². The van der Waals surface area contributed by atoms with Gasteiger partial charge in [-0.25, -0.2) is 0 Å². The average molecular weight is 152 g/mol. The molecule has 0 saturated heterocycles.